The molecule has 0 amide bonds. The van der Waals surface area contributed by atoms with Crippen molar-refractivity contribution < 1.29 is 24.2 Å². The van der Waals surface area contributed by atoms with Crippen LogP contribution in [0.3, 0.4) is 0 Å². The number of anilines is 1. The first-order valence-corrected chi connectivity index (χ1v) is 11.6. The van der Waals surface area contributed by atoms with Crippen LogP contribution in [0.15, 0.2) is 85.2 Å². The lowest BCUT2D eigenvalue weighted by Crippen LogP contribution is -2.21. The van der Waals surface area contributed by atoms with Gasteiger partial charge in [-0.15, -0.1) is 0 Å². The number of carbonyl (C=O) groups is 2. The summed E-state index contributed by atoms with van der Waals surface area (Å²) in [6.45, 7) is 2.20. The highest BCUT2D eigenvalue weighted by atomic mass is 16.5. The number of methoxy groups -OCH3 is 1. The van der Waals surface area contributed by atoms with Crippen LogP contribution in [0, 0.1) is 5.92 Å². The fourth-order valence-electron chi connectivity index (χ4n) is 3.85. The fourth-order valence-corrected chi connectivity index (χ4v) is 3.85. The lowest BCUT2D eigenvalue weighted by atomic mass is 9.84. The average molecular weight is 499 g/mol. The Labute approximate surface area is 214 Å². The van der Waals surface area contributed by atoms with E-state index < -0.39 is 23.8 Å². The highest BCUT2D eigenvalue weighted by molar-refractivity contribution is 5.89. The largest absolute Gasteiger partial charge is 0.481 e. The Morgan fingerprint density at radius 1 is 0.973 bits per heavy atom. The van der Waals surface area contributed by atoms with E-state index in [1.165, 1.54) is 13.3 Å². The molecule has 2 heterocycles. The van der Waals surface area contributed by atoms with E-state index in [4.69, 9.17) is 9.47 Å². The van der Waals surface area contributed by atoms with Gasteiger partial charge in [-0.1, -0.05) is 37.3 Å². The van der Waals surface area contributed by atoms with Crippen LogP contribution in [0.1, 0.15) is 40.0 Å². The van der Waals surface area contributed by atoms with Crippen LogP contribution in [0.4, 0.5) is 5.82 Å². The third kappa shape index (κ3) is 6.46. The minimum Gasteiger partial charge on any atom is -0.481 e. The second-order valence-corrected chi connectivity index (χ2v) is 8.30. The summed E-state index contributed by atoms with van der Waals surface area (Å²) < 4.78 is 10.7. The molecule has 0 saturated carbocycles. The van der Waals surface area contributed by atoms with Crippen LogP contribution in [0.25, 0.3) is 0 Å². The summed E-state index contributed by atoms with van der Waals surface area (Å²) >= 11 is 0. The van der Waals surface area contributed by atoms with Crippen molar-refractivity contribution in [1.82, 2.24) is 15.0 Å². The maximum absolute atomic E-state index is 12.0. The summed E-state index contributed by atoms with van der Waals surface area (Å²) in [5.41, 5.74) is 2.43. The molecule has 188 valence electrons. The standard InChI is InChI=1S/C28H26N4O5/c1-18(26(33)34)25(20-6-5-7-21(16-20)27(35)36-2)23-13-15-30-28(32-23)37-22-11-9-19(10-12-22)17-31-24-8-3-4-14-29-24/h3-16,18,25H,17H2,1-2H3,(H,29,31)(H,33,34). The predicted octanol–water partition coefficient (Wildman–Crippen LogP) is 4.92. The molecule has 2 aromatic carbocycles. The van der Waals surface area contributed by atoms with E-state index in [-0.39, 0.29) is 6.01 Å². The molecule has 0 spiro atoms. The van der Waals surface area contributed by atoms with Gasteiger partial charge in [-0.05, 0) is 53.6 Å². The van der Waals surface area contributed by atoms with Gasteiger partial charge in [0.15, 0.2) is 0 Å². The maximum Gasteiger partial charge on any atom is 0.337 e. The van der Waals surface area contributed by atoms with Crippen molar-refractivity contribution in [2.45, 2.75) is 19.4 Å². The van der Waals surface area contributed by atoms with Crippen LogP contribution in [0.5, 0.6) is 11.8 Å². The molecule has 2 atom stereocenters. The molecule has 2 unspecified atom stereocenters. The Morgan fingerprint density at radius 2 is 1.78 bits per heavy atom. The number of ether oxygens (including phenoxy) is 2. The van der Waals surface area contributed by atoms with Crippen LogP contribution in [0.2, 0.25) is 0 Å². The molecule has 0 aliphatic heterocycles. The van der Waals surface area contributed by atoms with Gasteiger partial charge in [0, 0.05) is 24.9 Å². The molecule has 0 radical (unpaired) electrons. The van der Waals surface area contributed by atoms with Gasteiger partial charge in [0.1, 0.15) is 11.6 Å². The molecule has 0 aliphatic rings. The fraction of sp³-hybridized carbons (Fsp3) is 0.179. The number of nitrogens with zero attached hydrogens (tertiary/aromatic N) is 3. The number of aromatic nitrogens is 3. The van der Waals surface area contributed by atoms with Crippen molar-refractivity contribution in [3.8, 4) is 11.8 Å². The summed E-state index contributed by atoms with van der Waals surface area (Å²) in [7, 11) is 1.30. The molecule has 37 heavy (non-hydrogen) atoms. The molecule has 4 rings (SSSR count). The average Bonchev–Trinajstić information content (AvgIpc) is 2.93. The highest BCUT2D eigenvalue weighted by Gasteiger charge is 2.29. The van der Waals surface area contributed by atoms with Crippen molar-refractivity contribution in [3.63, 3.8) is 0 Å². The number of hydrogen-bond donors (Lipinski definition) is 2. The molecular formula is C28H26N4O5. The lowest BCUT2D eigenvalue weighted by Gasteiger charge is -2.21. The Morgan fingerprint density at radius 3 is 2.49 bits per heavy atom. The zero-order valence-corrected chi connectivity index (χ0v) is 20.4. The number of aliphatic carboxylic acids is 1. The van der Waals surface area contributed by atoms with Crippen molar-refractivity contribution in [3.05, 3.63) is 108 Å². The molecular weight excluding hydrogens is 472 g/mol. The molecule has 0 fully saturated rings. The molecule has 9 nitrogen and oxygen atoms in total. The topological polar surface area (TPSA) is 124 Å². The first-order chi connectivity index (χ1) is 17.9. The number of carboxylic acids is 1. The molecule has 4 aromatic rings. The van der Waals surface area contributed by atoms with Gasteiger partial charge in [0.2, 0.25) is 0 Å². The van der Waals surface area contributed by atoms with Crippen LogP contribution >= 0.6 is 0 Å². The van der Waals surface area contributed by atoms with Gasteiger partial charge < -0.3 is 19.9 Å². The van der Waals surface area contributed by atoms with E-state index in [2.05, 4.69) is 20.3 Å². The quantitative estimate of drug-likeness (QED) is 0.293. The second-order valence-electron chi connectivity index (χ2n) is 8.30. The normalized spacial score (nSPS) is 12.3. The minimum atomic E-state index is -0.996. The highest BCUT2D eigenvalue weighted by Crippen LogP contribution is 2.33. The van der Waals surface area contributed by atoms with E-state index >= 15 is 0 Å². The molecule has 0 bridgehead atoms. The molecule has 2 N–H and O–H groups in total. The summed E-state index contributed by atoms with van der Waals surface area (Å²) in [6.07, 6.45) is 3.25. The van der Waals surface area contributed by atoms with E-state index in [0.29, 0.717) is 29.1 Å². The van der Waals surface area contributed by atoms with Gasteiger partial charge in [-0.2, -0.15) is 4.98 Å². The number of carboxylic acid groups (broad SMARTS) is 1. The summed E-state index contributed by atoms with van der Waals surface area (Å²) in [6, 6.07) is 21.5. The Hall–Kier alpha value is -4.79. The smallest absolute Gasteiger partial charge is 0.337 e. The Kier molecular flexibility index (Phi) is 8.05. The van der Waals surface area contributed by atoms with E-state index in [1.807, 2.05) is 42.5 Å². The molecule has 0 aliphatic carbocycles. The third-order valence-corrected chi connectivity index (χ3v) is 5.80. The molecule has 2 aromatic heterocycles. The zero-order valence-electron chi connectivity index (χ0n) is 20.4. The van der Waals surface area contributed by atoms with E-state index in [9.17, 15) is 14.7 Å². The first-order valence-electron chi connectivity index (χ1n) is 11.6. The van der Waals surface area contributed by atoms with E-state index in [1.54, 1.807) is 43.5 Å². The lowest BCUT2D eigenvalue weighted by molar-refractivity contribution is -0.141. The number of pyridine rings is 1. The van der Waals surface area contributed by atoms with Gasteiger partial charge in [0.25, 0.3) is 0 Å². The zero-order chi connectivity index (χ0) is 26.2. The van der Waals surface area contributed by atoms with Crippen LogP contribution < -0.4 is 10.1 Å². The summed E-state index contributed by atoms with van der Waals surface area (Å²) in [4.78, 5) is 36.9. The van der Waals surface area contributed by atoms with Crippen molar-refractivity contribution in [2.24, 2.45) is 5.92 Å². The molecule has 9 heteroatoms. The first kappa shape index (κ1) is 25.3. The van der Waals surface area contributed by atoms with E-state index in [0.717, 1.165) is 11.4 Å². The number of carbonyl (C=O) groups excluding carboxylic acids is 1. The number of benzene rings is 2. The number of nitrogens with one attached hydrogen (secondary N) is 1. The van der Waals surface area contributed by atoms with Gasteiger partial charge in [0.05, 0.1) is 24.3 Å². The van der Waals surface area contributed by atoms with Crippen LogP contribution in [-0.4, -0.2) is 39.1 Å². The Balaban J connectivity index is 1.53. The number of hydrogen-bond acceptors (Lipinski definition) is 8. The van der Waals surface area contributed by atoms with Gasteiger partial charge in [-0.25, -0.2) is 14.8 Å². The SMILES string of the molecule is COC(=O)c1cccc(C(c2ccnc(Oc3ccc(CNc4ccccn4)cc3)n2)C(C)C(=O)O)c1. The second kappa shape index (κ2) is 11.8. The predicted molar refractivity (Wildman–Crippen MR) is 137 cm³/mol. The number of rotatable bonds is 10. The maximum atomic E-state index is 12.0. The van der Waals surface area contributed by atoms with Crippen molar-refractivity contribution >= 4 is 17.8 Å². The van der Waals surface area contributed by atoms with Crippen LogP contribution in [-0.2, 0) is 16.1 Å². The number of esters is 1. The third-order valence-electron chi connectivity index (χ3n) is 5.80. The minimum absolute atomic E-state index is 0.0866. The van der Waals surface area contributed by atoms with Crippen molar-refractivity contribution in [1.29, 1.82) is 0 Å². The van der Waals surface area contributed by atoms with Crippen molar-refractivity contribution in [2.75, 3.05) is 12.4 Å². The summed E-state index contributed by atoms with van der Waals surface area (Å²) in [5, 5.41) is 13.0. The monoisotopic (exact) mass is 498 g/mol. The van der Waals surface area contributed by atoms with Gasteiger partial charge >= 0.3 is 17.9 Å². The summed E-state index contributed by atoms with van der Waals surface area (Å²) in [5.74, 6) is -1.66. The Bertz CT molecular complexity index is 1360. The molecule has 0 saturated heterocycles. The van der Waals surface area contributed by atoms with Gasteiger partial charge in [-0.3, -0.25) is 4.79 Å².